The molecule has 1 saturated heterocycles. The molecule has 0 aliphatic carbocycles. The molecule has 0 radical (unpaired) electrons. The molecule has 1 aliphatic heterocycles. The van der Waals surface area contributed by atoms with E-state index in [1.165, 1.54) is 24.1 Å². The van der Waals surface area contributed by atoms with Gasteiger partial charge in [-0.3, -0.25) is 0 Å². The van der Waals surface area contributed by atoms with E-state index in [0.29, 0.717) is 12.0 Å². The van der Waals surface area contributed by atoms with Gasteiger partial charge in [-0.1, -0.05) is 38.1 Å². The van der Waals surface area contributed by atoms with Gasteiger partial charge in [0, 0.05) is 6.04 Å². The minimum atomic E-state index is 0.624. The molecule has 13 heavy (non-hydrogen) atoms. The zero-order valence-electron chi connectivity index (χ0n) is 8.38. The van der Waals surface area contributed by atoms with Crippen LogP contribution in [0.5, 0.6) is 0 Å². The molecule has 1 heteroatoms. The molecule has 0 saturated carbocycles. The molecule has 2 rings (SSSR count). The van der Waals surface area contributed by atoms with Crippen molar-refractivity contribution in [1.29, 1.82) is 0 Å². The maximum absolute atomic E-state index is 3.46. The number of nitrogens with one attached hydrogen (secondary N) is 1. The van der Waals surface area contributed by atoms with Crippen LogP contribution in [0.3, 0.4) is 0 Å². The Morgan fingerprint density at radius 2 is 2.00 bits per heavy atom. The van der Waals surface area contributed by atoms with Crippen LogP contribution in [0.2, 0.25) is 0 Å². The van der Waals surface area contributed by atoms with Gasteiger partial charge in [0.1, 0.15) is 0 Å². The lowest BCUT2D eigenvalue weighted by Gasteiger charge is -2.30. The summed E-state index contributed by atoms with van der Waals surface area (Å²) in [5.74, 6) is 0.638. The summed E-state index contributed by atoms with van der Waals surface area (Å²) in [6.45, 7) is 5.70. The molecule has 1 fully saturated rings. The first-order chi connectivity index (χ1) is 6.29. The second-order valence-electron chi connectivity index (χ2n) is 4.08. The van der Waals surface area contributed by atoms with Gasteiger partial charge in [-0.25, -0.2) is 0 Å². The van der Waals surface area contributed by atoms with E-state index < -0.39 is 0 Å². The van der Waals surface area contributed by atoms with Gasteiger partial charge < -0.3 is 5.32 Å². The fourth-order valence-corrected chi connectivity index (χ4v) is 1.91. The largest absolute Gasteiger partial charge is 0.310 e. The Labute approximate surface area is 80.2 Å². The summed E-state index contributed by atoms with van der Waals surface area (Å²) in [5.41, 5.74) is 3.00. The summed E-state index contributed by atoms with van der Waals surface area (Å²) in [5, 5.41) is 3.46. The van der Waals surface area contributed by atoms with Crippen molar-refractivity contribution in [3.63, 3.8) is 0 Å². The summed E-state index contributed by atoms with van der Waals surface area (Å²) < 4.78 is 0. The van der Waals surface area contributed by atoms with Crippen molar-refractivity contribution in [3.05, 3.63) is 35.4 Å². The highest BCUT2D eigenvalue weighted by atomic mass is 15.0. The molecule has 0 spiro atoms. The summed E-state index contributed by atoms with van der Waals surface area (Å²) in [6, 6.07) is 9.41. The van der Waals surface area contributed by atoms with Gasteiger partial charge >= 0.3 is 0 Å². The Bertz CT molecular complexity index is 287. The molecule has 0 aromatic heterocycles. The molecule has 70 valence electrons. The maximum atomic E-state index is 3.46. The zero-order valence-corrected chi connectivity index (χ0v) is 8.38. The summed E-state index contributed by atoms with van der Waals surface area (Å²) in [6.07, 6.45) is 1.30. The van der Waals surface area contributed by atoms with Gasteiger partial charge in [0.25, 0.3) is 0 Å². The normalized spacial score (nSPS) is 21.6. The van der Waals surface area contributed by atoms with Crippen LogP contribution in [0.25, 0.3) is 0 Å². The molecule has 0 amide bonds. The fourth-order valence-electron chi connectivity index (χ4n) is 1.91. The lowest BCUT2D eigenvalue weighted by atomic mass is 9.89. The van der Waals surface area contributed by atoms with E-state index in [1.54, 1.807) is 0 Å². The van der Waals surface area contributed by atoms with Crippen LogP contribution in [0.15, 0.2) is 24.3 Å². The topological polar surface area (TPSA) is 12.0 Å². The van der Waals surface area contributed by atoms with E-state index >= 15 is 0 Å². The van der Waals surface area contributed by atoms with Crippen molar-refractivity contribution in [2.45, 2.75) is 32.2 Å². The van der Waals surface area contributed by atoms with Gasteiger partial charge in [0.05, 0.1) is 0 Å². The molecule has 0 bridgehead atoms. The SMILES string of the molecule is CC(C)c1ccccc1[C@@H]1CCN1. The highest BCUT2D eigenvalue weighted by Crippen LogP contribution is 2.29. The Hall–Kier alpha value is -0.820. The van der Waals surface area contributed by atoms with Gasteiger partial charge in [-0.05, 0) is 30.0 Å². The highest BCUT2D eigenvalue weighted by Gasteiger charge is 2.21. The average Bonchev–Trinajstić information content (AvgIpc) is 2.02. The van der Waals surface area contributed by atoms with Gasteiger partial charge in [-0.2, -0.15) is 0 Å². The predicted octanol–water partition coefficient (Wildman–Crippen LogP) is 2.84. The maximum Gasteiger partial charge on any atom is 0.0335 e. The molecule has 1 atom stereocenters. The summed E-state index contributed by atoms with van der Waals surface area (Å²) in [7, 11) is 0. The van der Waals surface area contributed by atoms with E-state index in [4.69, 9.17) is 0 Å². The Morgan fingerprint density at radius 3 is 2.54 bits per heavy atom. The monoisotopic (exact) mass is 175 g/mol. The fraction of sp³-hybridized carbons (Fsp3) is 0.500. The first-order valence-corrected chi connectivity index (χ1v) is 5.11. The molecule has 1 aliphatic rings. The van der Waals surface area contributed by atoms with Crippen LogP contribution in [-0.4, -0.2) is 6.54 Å². The average molecular weight is 175 g/mol. The molecule has 1 N–H and O–H groups in total. The number of benzene rings is 1. The van der Waals surface area contributed by atoms with E-state index in [1.807, 2.05) is 0 Å². The third kappa shape index (κ3) is 1.61. The van der Waals surface area contributed by atoms with Crippen molar-refractivity contribution in [2.75, 3.05) is 6.54 Å². The standard InChI is InChI=1S/C12H17N/c1-9(2)10-5-3-4-6-11(10)12-7-8-13-12/h3-6,9,12-13H,7-8H2,1-2H3/t12-/m0/s1. The van der Waals surface area contributed by atoms with Gasteiger partial charge in [0.2, 0.25) is 0 Å². The second-order valence-corrected chi connectivity index (χ2v) is 4.08. The molecule has 1 aromatic rings. The van der Waals surface area contributed by atoms with E-state index in [9.17, 15) is 0 Å². The smallest absolute Gasteiger partial charge is 0.0335 e. The summed E-state index contributed by atoms with van der Waals surface area (Å²) in [4.78, 5) is 0. The van der Waals surface area contributed by atoms with Crippen LogP contribution >= 0.6 is 0 Å². The minimum absolute atomic E-state index is 0.624. The van der Waals surface area contributed by atoms with Crippen LogP contribution < -0.4 is 5.32 Å². The molecule has 1 heterocycles. The number of hydrogen-bond acceptors (Lipinski definition) is 1. The number of hydrogen-bond donors (Lipinski definition) is 1. The van der Waals surface area contributed by atoms with E-state index in [0.717, 1.165) is 0 Å². The van der Waals surface area contributed by atoms with Crippen molar-refractivity contribution >= 4 is 0 Å². The van der Waals surface area contributed by atoms with E-state index in [-0.39, 0.29) is 0 Å². The quantitative estimate of drug-likeness (QED) is 0.728. The predicted molar refractivity (Wildman–Crippen MR) is 55.9 cm³/mol. The number of rotatable bonds is 2. The van der Waals surface area contributed by atoms with Crippen molar-refractivity contribution in [2.24, 2.45) is 0 Å². The van der Waals surface area contributed by atoms with Crippen molar-refractivity contribution in [3.8, 4) is 0 Å². The van der Waals surface area contributed by atoms with Crippen LogP contribution in [-0.2, 0) is 0 Å². The summed E-state index contributed by atoms with van der Waals surface area (Å²) >= 11 is 0. The van der Waals surface area contributed by atoms with Crippen molar-refractivity contribution < 1.29 is 0 Å². The van der Waals surface area contributed by atoms with Gasteiger partial charge in [-0.15, -0.1) is 0 Å². The molecule has 0 unspecified atom stereocenters. The lowest BCUT2D eigenvalue weighted by Crippen LogP contribution is -2.35. The molecule has 1 aromatic carbocycles. The van der Waals surface area contributed by atoms with Gasteiger partial charge in [0.15, 0.2) is 0 Å². The van der Waals surface area contributed by atoms with Crippen molar-refractivity contribution in [1.82, 2.24) is 5.32 Å². The van der Waals surface area contributed by atoms with Crippen LogP contribution in [0, 0.1) is 0 Å². The minimum Gasteiger partial charge on any atom is -0.310 e. The Balaban J connectivity index is 2.31. The Morgan fingerprint density at radius 1 is 1.31 bits per heavy atom. The lowest BCUT2D eigenvalue weighted by molar-refractivity contribution is 0.380. The van der Waals surface area contributed by atoms with Crippen LogP contribution in [0.1, 0.15) is 43.4 Å². The second kappa shape index (κ2) is 3.51. The molecular weight excluding hydrogens is 158 g/mol. The molecule has 1 nitrogen and oxygen atoms in total. The van der Waals surface area contributed by atoms with E-state index in [2.05, 4.69) is 43.4 Å². The highest BCUT2D eigenvalue weighted by molar-refractivity contribution is 5.33. The third-order valence-electron chi connectivity index (χ3n) is 2.82. The Kier molecular flexibility index (Phi) is 2.36. The first-order valence-electron chi connectivity index (χ1n) is 5.11. The zero-order chi connectivity index (χ0) is 9.26. The third-order valence-corrected chi connectivity index (χ3v) is 2.82. The first kappa shape index (κ1) is 8.76. The molecular formula is C12H17N. The van der Waals surface area contributed by atoms with Crippen LogP contribution in [0.4, 0.5) is 0 Å².